The lowest BCUT2D eigenvalue weighted by Gasteiger charge is -2.37. The van der Waals surface area contributed by atoms with Gasteiger partial charge in [0.25, 0.3) is 0 Å². The molecule has 0 aliphatic heterocycles. The van der Waals surface area contributed by atoms with Crippen LogP contribution in [0.4, 0.5) is 0 Å². The van der Waals surface area contributed by atoms with E-state index >= 15 is 0 Å². The Morgan fingerprint density at radius 2 is 1.20 bits per heavy atom. The van der Waals surface area contributed by atoms with Gasteiger partial charge in [0.05, 0.1) is 0 Å². The Morgan fingerprint density at radius 1 is 0.700 bits per heavy atom. The smallest absolute Gasteiger partial charge is 0.0355 e. The predicted molar refractivity (Wildman–Crippen MR) is 89.8 cm³/mol. The van der Waals surface area contributed by atoms with Gasteiger partial charge >= 0.3 is 0 Å². The van der Waals surface area contributed by atoms with E-state index in [-0.39, 0.29) is 0 Å². The van der Waals surface area contributed by atoms with Gasteiger partial charge in [0.1, 0.15) is 0 Å². The molecule has 0 amide bonds. The Labute approximate surface area is 128 Å². The van der Waals surface area contributed by atoms with Crippen molar-refractivity contribution in [3.05, 3.63) is 0 Å². The molecule has 0 nitrogen and oxygen atoms in total. The van der Waals surface area contributed by atoms with Gasteiger partial charge in [-0.15, -0.1) is 0 Å². The van der Waals surface area contributed by atoms with Gasteiger partial charge in [-0.05, 0) is 41.9 Å². The zero-order valence-electron chi connectivity index (χ0n) is 14.5. The van der Waals surface area contributed by atoms with Crippen molar-refractivity contribution in [1.29, 1.82) is 0 Å². The molecule has 0 aromatic heterocycles. The molecule has 2 fully saturated rings. The van der Waals surface area contributed by atoms with E-state index in [9.17, 15) is 0 Å². The van der Waals surface area contributed by atoms with Crippen LogP contribution < -0.4 is 0 Å². The molecular weight excluding hydrogens is 240 g/mol. The fraction of sp³-hybridized carbons (Fsp3) is 1.00. The van der Waals surface area contributed by atoms with Crippen molar-refractivity contribution in [2.45, 2.75) is 91.9 Å². The zero-order chi connectivity index (χ0) is 14.5. The predicted octanol–water partition coefficient (Wildman–Crippen LogP) is 6.69. The highest BCUT2D eigenvalue weighted by Crippen LogP contribution is 2.43. The summed E-state index contributed by atoms with van der Waals surface area (Å²) in [6.07, 6.45) is 15.1. The molecule has 2 aliphatic carbocycles. The normalized spacial score (nSPS) is 26.9. The van der Waals surface area contributed by atoms with Crippen LogP contribution in [-0.2, 0) is 0 Å². The van der Waals surface area contributed by atoms with Crippen LogP contribution in [0.2, 0.25) is 0 Å². The van der Waals surface area contributed by atoms with Crippen molar-refractivity contribution in [3.8, 4) is 0 Å². The maximum absolute atomic E-state index is 2.57. The summed E-state index contributed by atoms with van der Waals surface area (Å²) in [6, 6.07) is 0. The molecule has 3 unspecified atom stereocenters. The first-order chi connectivity index (χ1) is 9.59. The van der Waals surface area contributed by atoms with Crippen LogP contribution in [0.5, 0.6) is 0 Å². The molecule has 0 heteroatoms. The fourth-order valence-corrected chi connectivity index (χ4v) is 5.04. The molecule has 118 valence electrons. The third-order valence-electron chi connectivity index (χ3n) is 6.83. The molecule has 0 radical (unpaired) electrons. The van der Waals surface area contributed by atoms with Crippen LogP contribution in [0.1, 0.15) is 91.9 Å². The van der Waals surface area contributed by atoms with E-state index in [4.69, 9.17) is 0 Å². The van der Waals surface area contributed by atoms with Crippen molar-refractivity contribution in [2.75, 3.05) is 0 Å². The zero-order valence-corrected chi connectivity index (χ0v) is 14.5. The van der Waals surface area contributed by atoms with E-state index in [0.29, 0.717) is 0 Å². The van der Waals surface area contributed by atoms with Gasteiger partial charge in [-0.3, -0.25) is 0 Å². The van der Waals surface area contributed by atoms with Crippen LogP contribution in [0.3, 0.4) is 0 Å². The second-order valence-corrected chi connectivity index (χ2v) is 8.42. The quantitative estimate of drug-likeness (QED) is 0.507. The third kappa shape index (κ3) is 4.25. The largest absolute Gasteiger partial charge is 0.0625 e. The molecule has 0 bridgehead atoms. The number of hydrogen-bond donors (Lipinski definition) is 0. The minimum Gasteiger partial charge on any atom is -0.0625 e. The lowest BCUT2D eigenvalue weighted by atomic mass is 9.69. The molecule has 20 heavy (non-hydrogen) atoms. The number of hydrogen-bond acceptors (Lipinski definition) is 0. The third-order valence-corrected chi connectivity index (χ3v) is 6.83. The van der Waals surface area contributed by atoms with Crippen LogP contribution in [0, 0.1) is 35.5 Å². The summed E-state index contributed by atoms with van der Waals surface area (Å²) in [6.45, 7) is 10.0. The maximum atomic E-state index is 2.57. The first-order valence-corrected chi connectivity index (χ1v) is 9.59. The molecule has 2 aliphatic rings. The van der Waals surface area contributed by atoms with Crippen LogP contribution in [0.25, 0.3) is 0 Å². The molecule has 0 aromatic rings. The molecule has 0 N–H and O–H groups in total. The minimum absolute atomic E-state index is 0.860. The lowest BCUT2D eigenvalue weighted by Crippen LogP contribution is -2.28. The van der Waals surface area contributed by atoms with Crippen molar-refractivity contribution >= 4 is 0 Å². The van der Waals surface area contributed by atoms with Gasteiger partial charge in [-0.25, -0.2) is 0 Å². The van der Waals surface area contributed by atoms with E-state index in [2.05, 4.69) is 27.7 Å². The van der Waals surface area contributed by atoms with Gasteiger partial charge in [-0.1, -0.05) is 85.5 Å². The Bertz CT molecular complexity index is 253. The highest BCUT2D eigenvalue weighted by atomic mass is 14.4. The van der Waals surface area contributed by atoms with Crippen molar-refractivity contribution in [1.82, 2.24) is 0 Å². The fourth-order valence-electron chi connectivity index (χ4n) is 5.04. The average Bonchev–Trinajstić information content (AvgIpc) is 2.98. The molecule has 0 aromatic carbocycles. The average molecular weight is 279 g/mol. The second kappa shape index (κ2) is 7.85. The van der Waals surface area contributed by atoms with Crippen molar-refractivity contribution in [2.24, 2.45) is 35.5 Å². The van der Waals surface area contributed by atoms with E-state index in [1.54, 1.807) is 0 Å². The second-order valence-electron chi connectivity index (χ2n) is 8.42. The standard InChI is InChI=1S/C20H38/c1-15(2)17(4)20(19-12-8-9-13-19)14-16(3)18-10-6-5-7-11-18/h15-20H,5-14H2,1-4H3. The summed E-state index contributed by atoms with van der Waals surface area (Å²) in [5.41, 5.74) is 0. The number of rotatable bonds is 6. The van der Waals surface area contributed by atoms with Crippen molar-refractivity contribution < 1.29 is 0 Å². The van der Waals surface area contributed by atoms with Gasteiger partial charge in [0.15, 0.2) is 0 Å². The Balaban J connectivity index is 1.94. The van der Waals surface area contributed by atoms with Crippen LogP contribution in [0.15, 0.2) is 0 Å². The monoisotopic (exact) mass is 278 g/mol. The molecular formula is C20H38. The summed E-state index contributed by atoms with van der Waals surface area (Å²) >= 11 is 0. The van der Waals surface area contributed by atoms with Crippen LogP contribution in [-0.4, -0.2) is 0 Å². The Hall–Kier alpha value is 0. The maximum Gasteiger partial charge on any atom is -0.0355 e. The van der Waals surface area contributed by atoms with Crippen LogP contribution >= 0.6 is 0 Å². The highest BCUT2D eigenvalue weighted by molar-refractivity contribution is 4.83. The van der Waals surface area contributed by atoms with E-state index in [0.717, 1.165) is 35.5 Å². The van der Waals surface area contributed by atoms with E-state index < -0.39 is 0 Å². The first-order valence-electron chi connectivity index (χ1n) is 9.59. The molecule has 2 saturated carbocycles. The minimum atomic E-state index is 0.860. The van der Waals surface area contributed by atoms with Gasteiger partial charge in [0, 0.05) is 0 Å². The molecule has 0 spiro atoms. The summed E-state index contributed by atoms with van der Waals surface area (Å²) in [5, 5.41) is 0. The van der Waals surface area contributed by atoms with Gasteiger partial charge in [-0.2, -0.15) is 0 Å². The highest BCUT2D eigenvalue weighted by Gasteiger charge is 2.33. The molecule has 0 saturated heterocycles. The molecule has 0 heterocycles. The Morgan fingerprint density at radius 3 is 1.75 bits per heavy atom. The molecule has 2 rings (SSSR count). The summed E-state index contributed by atoms with van der Waals surface area (Å²) in [5.74, 6) is 5.87. The Kier molecular flexibility index (Phi) is 6.43. The van der Waals surface area contributed by atoms with Gasteiger partial charge in [0.2, 0.25) is 0 Å². The van der Waals surface area contributed by atoms with Crippen molar-refractivity contribution in [3.63, 3.8) is 0 Å². The summed E-state index contributed by atoms with van der Waals surface area (Å²) in [4.78, 5) is 0. The topological polar surface area (TPSA) is 0 Å². The lowest BCUT2D eigenvalue weighted by molar-refractivity contribution is 0.130. The first kappa shape index (κ1) is 16.4. The molecule has 3 atom stereocenters. The van der Waals surface area contributed by atoms with E-state index in [1.165, 1.54) is 64.2 Å². The summed E-state index contributed by atoms with van der Waals surface area (Å²) < 4.78 is 0. The summed E-state index contributed by atoms with van der Waals surface area (Å²) in [7, 11) is 0. The SMILES string of the molecule is CC(C)C(C)C(CC(C)C1CCCCC1)C1CCCC1. The van der Waals surface area contributed by atoms with E-state index in [1.807, 2.05) is 0 Å². The van der Waals surface area contributed by atoms with Gasteiger partial charge < -0.3 is 0 Å².